The van der Waals surface area contributed by atoms with E-state index in [0.717, 1.165) is 19.3 Å². The summed E-state index contributed by atoms with van der Waals surface area (Å²) in [4.78, 5) is 8.00. The van der Waals surface area contributed by atoms with E-state index in [1.54, 1.807) is 0 Å². The Labute approximate surface area is 209 Å². The van der Waals surface area contributed by atoms with Crippen molar-refractivity contribution in [3.63, 3.8) is 0 Å². The molecule has 1 aliphatic carbocycles. The van der Waals surface area contributed by atoms with Crippen LogP contribution in [0.3, 0.4) is 0 Å². The summed E-state index contributed by atoms with van der Waals surface area (Å²) >= 11 is 0. The molecule has 0 amide bonds. The molecule has 0 aromatic heterocycles. The summed E-state index contributed by atoms with van der Waals surface area (Å²) in [6.07, 6.45) is 3.25. The monoisotopic (exact) mass is 456 g/mol. The number of rotatable bonds is 2. The van der Waals surface area contributed by atoms with E-state index in [4.69, 9.17) is 4.79 Å². The fraction of sp³-hybridized carbons (Fsp3) is 0.303. The van der Waals surface area contributed by atoms with Crippen molar-refractivity contribution in [1.29, 1.82) is 0 Å². The maximum absolute atomic E-state index is 8.00. The van der Waals surface area contributed by atoms with E-state index in [-0.39, 0.29) is 0 Å². The number of benzene rings is 3. The van der Waals surface area contributed by atoms with Gasteiger partial charge in [0.2, 0.25) is 0 Å². The van der Waals surface area contributed by atoms with E-state index in [2.05, 4.69) is 101 Å². The molecule has 0 fully saturated rings. The molecule has 0 spiro atoms. The van der Waals surface area contributed by atoms with Crippen LogP contribution < -0.4 is 0 Å². The number of allylic oxidation sites excluding steroid dienone is 1. The molecule has 0 atom stereocenters. The van der Waals surface area contributed by atoms with Gasteiger partial charge >= 0.3 is 0 Å². The van der Waals surface area contributed by atoms with Crippen molar-refractivity contribution < 1.29 is 4.79 Å². The second-order valence-electron chi connectivity index (χ2n) is 7.39. The minimum atomic E-state index is 1.03. The zero-order valence-corrected chi connectivity index (χ0v) is 22.5. The summed E-state index contributed by atoms with van der Waals surface area (Å²) in [6.45, 7) is 22.7. The largest absolute Gasteiger partial charge is 0.307 e. The van der Waals surface area contributed by atoms with Crippen LogP contribution in [0.1, 0.15) is 80.0 Å². The Morgan fingerprint density at radius 2 is 1.26 bits per heavy atom. The van der Waals surface area contributed by atoms with Gasteiger partial charge in [0.1, 0.15) is 6.79 Å². The molecule has 1 nitrogen and oxygen atoms in total. The smallest absolute Gasteiger partial charge is 0.106 e. The number of carbonyl (C=O) groups excluding carboxylic acids is 1. The molecule has 4 rings (SSSR count). The predicted molar refractivity (Wildman–Crippen MR) is 153 cm³/mol. The molecule has 0 bridgehead atoms. The predicted octanol–water partition coefficient (Wildman–Crippen LogP) is 9.44. The molecule has 0 saturated carbocycles. The van der Waals surface area contributed by atoms with Gasteiger partial charge in [0.05, 0.1) is 0 Å². The molecule has 0 aliphatic heterocycles. The highest BCUT2D eigenvalue weighted by molar-refractivity contribution is 6.00. The lowest BCUT2D eigenvalue weighted by atomic mass is 9.85. The van der Waals surface area contributed by atoms with Gasteiger partial charge in [-0.15, -0.1) is 13.2 Å². The molecule has 34 heavy (non-hydrogen) atoms. The molecular weight excluding hydrogens is 412 g/mol. The first-order chi connectivity index (χ1) is 16.7. The van der Waals surface area contributed by atoms with Crippen molar-refractivity contribution >= 4 is 17.9 Å². The van der Waals surface area contributed by atoms with Crippen molar-refractivity contribution in [3.8, 4) is 0 Å². The van der Waals surface area contributed by atoms with Crippen LogP contribution in [0.5, 0.6) is 0 Å². The summed E-state index contributed by atoms with van der Waals surface area (Å²) in [5, 5.41) is 0. The first-order valence-corrected chi connectivity index (χ1v) is 12.4. The van der Waals surface area contributed by atoms with Crippen LogP contribution in [0, 0.1) is 13.8 Å². The number of hydrogen-bond acceptors (Lipinski definition) is 1. The maximum Gasteiger partial charge on any atom is 0.106 e. The molecule has 0 radical (unpaired) electrons. The van der Waals surface area contributed by atoms with Gasteiger partial charge in [0, 0.05) is 0 Å². The Bertz CT molecular complexity index is 1020. The summed E-state index contributed by atoms with van der Waals surface area (Å²) < 4.78 is 0. The van der Waals surface area contributed by atoms with Crippen molar-refractivity contribution in [2.24, 2.45) is 0 Å². The summed E-state index contributed by atoms with van der Waals surface area (Å²) in [5.74, 6) is 0. The second kappa shape index (κ2) is 17.3. The Morgan fingerprint density at radius 3 is 1.88 bits per heavy atom. The molecule has 182 valence electrons. The Morgan fingerprint density at radius 1 is 0.706 bits per heavy atom. The Hall–Kier alpha value is -3.19. The van der Waals surface area contributed by atoms with Gasteiger partial charge in [-0.3, -0.25) is 0 Å². The van der Waals surface area contributed by atoms with Gasteiger partial charge in [-0.2, -0.15) is 0 Å². The number of carbonyl (C=O) groups is 1. The third-order valence-corrected chi connectivity index (χ3v) is 5.50. The average molecular weight is 457 g/mol. The zero-order chi connectivity index (χ0) is 26.1. The van der Waals surface area contributed by atoms with Crippen molar-refractivity contribution in [1.82, 2.24) is 0 Å². The van der Waals surface area contributed by atoms with E-state index in [9.17, 15) is 0 Å². The van der Waals surface area contributed by atoms with Gasteiger partial charge in [0.15, 0.2) is 0 Å². The topological polar surface area (TPSA) is 17.1 Å². The lowest BCUT2D eigenvalue weighted by molar-refractivity contribution is -0.0979. The third kappa shape index (κ3) is 7.70. The summed E-state index contributed by atoms with van der Waals surface area (Å²) in [6, 6.07) is 24.9. The Balaban J connectivity index is 0.00000124. The molecule has 0 unspecified atom stereocenters. The minimum Gasteiger partial charge on any atom is -0.307 e. The SMILES string of the molecule is C=C.C=O.CC.CC.CC/C(=C1/c2ccccc2CCc2cc(C)ccc21)c1cccc(C)c1. The molecule has 0 saturated heterocycles. The van der Waals surface area contributed by atoms with Crippen molar-refractivity contribution in [3.05, 3.63) is 119 Å². The Kier molecular flexibility index (Phi) is 15.7. The molecule has 1 aliphatic rings. The lowest BCUT2D eigenvalue weighted by Crippen LogP contribution is -1.98. The lowest BCUT2D eigenvalue weighted by Gasteiger charge is -2.19. The quantitative estimate of drug-likeness (QED) is 0.351. The van der Waals surface area contributed by atoms with E-state index in [1.165, 1.54) is 50.1 Å². The molecule has 0 N–H and O–H groups in total. The molecule has 1 heteroatoms. The fourth-order valence-electron chi connectivity index (χ4n) is 4.25. The fourth-order valence-corrected chi connectivity index (χ4v) is 4.25. The molecule has 0 heterocycles. The van der Waals surface area contributed by atoms with Crippen LogP contribution in [0.2, 0.25) is 0 Å². The van der Waals surface area contributed by atoms with E-state index >= 15 is 0 Å². The summed E-state index contributed by atoms with van der Waals surface area (Å²) in [7, 11) is 0. The molecule has 3 aromatic carbocycles. The van der Waals surface area contributed by atoms with E-state index in [1.807, 2.05) is 34.5 Å². The first kappa shape index (κ1) is 30.8. The maximum atomic E-state index is 8.00. The number of hydrogen-bond donors (Lipinski definition) is 0. The first-order valence-electron chi connectivity index (χ1n) is 12.4. The highest BCUT2D eigenvalue weighted by atomic mass is 16.1. The number of fused-ring (bicyclic) bond motifs is 2. The minimum absolute atomic E-state index is 1.03. The molecular formula is C33H44O. The van der Waals surface area contributed by atoms with Crippen LogP contribution in [-0.2, 0) is 17.6 Å². The molecule has 3 aromatic rings. The van der Waals surface area contributed by atoms with Crippen LogP contribution in [0.15, 0.2) is 79.9 Å². The number of aryl methyl sites for hydroxylation is 4. The van der Waals surface area contributed by atoms with Crippen molar-refractivity contribution in [2.45, 2.75) is 67.7 Å². The highest BCUT2D eigenvalue weighted by Gasteiger charge is 2.21. The van der Waals surface area contributed by atoms with E-state index in [0.29, 0.717) is 0 Å². The van der Waals surface area contributed by atoms with Crippen LogP contribution >= 0.6 is 0 Å². The van der Waals surface area contributed by atoms with Crippen molar-refractivity contribution in [2.75, 3.05) is 0 Å². The normalized spacial score (nSPS) is 12.1. The highest BCUT2D eigenvalue weighted by Crippen LogP contribution is 2.40. The zero-order valence-electron chi connectivity index (χ0n) is 22.5. The average Bonchev–Trinajstić information content (AvgIpc) is 3.06. The van der Waals surface area contributed by atoms with Crippen LogP contribution in [0.25, 0.3) is 11.1 Å². The van der Waals surface area contributed by atoms with Crippen LogP contribution in [-0.4, -0.2) is 6.79 Å². The van der Waals surface area contributed by atoms with Gasteiger partial charge < -0.3 is 4.79 Å². The van der Waals surface area contributed by atoms with E-state index < -0.39 is 0 Å². The third-order valence-electron chi connectivity index (χ3n) is 5.50. The van der Waals surface area contributed by atoms with Crippen LogP contribution in [0.4, 0.5) is 0 Å². The van der Waals surface area contributed by atoms with Gasteiger partial charge in [-0.1, -0.05) is 112 Å². The van der Waals surface area contributed by atoms with Gasteiger partial charge in [-0.05, 0) is 72.1 Å². The standard InChI is InChI=1S/C26H26.2C2H6.C2H4.CH2O/c1-4-23(21-10-7-8-18(2)16-21)26-24-11-6-5-9-20(24)13-14-22-17-19(3)12-15-25(22)26;4*1-2/h5-12,15-17H,4,13-14H2,1-3H3;2*1-2H3;1-2H2;1H2/b26-23+;;;;. The summed E-state index contributed by atoms with van der Waals surface area (Å²) in [5.41, 5.74) is 12.7. The van der Waals surface area contributed by atoms with Gasteiger partial charge in [0.25, 0.3) is 0 Å². The van der Waals surface area contributed by atoms with Gasteiger partial charge in [-0.25, -0.2) is 0 Å². The second-order valence-corrected chi connectivity index (χ2v) is 7.39.